The van der Waals surface area contributed by atoms with E-state index >= 15 is 0 Å². The van der Waals surface area contributed by atoms with Crippen molar-refractivity contribution in [2.75, 3.05) is 29.9 Å². The van der Waals surface area contributed by atoms with Gasteiger partial charge in [0.1, 0.15) is 11.4 Å². The maximum absolute atomic E-state index is 11.9. The molecule has 2 aromatic heterocycles. The minimum absolute atomic E-state index is 0.332. The fraction of sp³-hybridized carbons (Fsp3) is 0.619. The number of nitrogens with one attached hydrogen (secondary N) is 3. The molecule has 30 heavy (non-hydrogen) atoms. The molecule has 1 saturated carbocycles. The predicted molar refractivity (Wildman–Crippen MR) is 115 cm³/mol. The lowest BCUT2D eigenvalue weighted by Gasteiger charge is -2.33. The van der Waals surface area contributed by atoms with E-state index in [1.807, 2.05) is 26.8 Å². The lowest BCUT2D eigenvalue weighted by atomic mass is 9.98. The Morgan fingerprint density at radius 1 is 1.30 bits per heavy atom. The Labute approximate surface area is 177 Å². The number of ether oxygens (including phenoxy) is 1. The van der Waals surface area contributed by atoms with Crippen LogP contribution in [0, 0.1) is 5.92 Å². The molecular weight excluding hydrogens is 382 g/mol. The molecule has 1 aliphatic heterocycles. The van der Waals surface area contributed by atoms with Crippen molar-refractivity contribution in [2.24, 2.45) is 5.92 Å². The molecule has 0 radical (unpaired) electrons. The summed E-state index contributed by atoms with van der Waals surface area (Å²) in [5.74, 6) is 3.16. The Bertz CT molecular complexity index is 872. The van der Waals surface area contributed by atoms with Crippen molar-refractivity contribution >= 4 is 23.7 Å². The second-order valence-corrected chi connectivity index (χ2v) is 9.19. The monoisotopic (exact) mass is 413 g/mol. The van der Waals surface area contributed by atoms with E-state index < -0.39 is 5.60 Å². The fourth-order valence-corrected chi connectivity index (χ4v) is 3.66. The van der Waals surface area contributed by atoms with Gasteiger partial charge in [-0.2, -0.15) is 10.1 Å². The SMILES string of the molecule is CC(C)(C)OC(=O)NC[C@@H]1CCCN(c2nccc(Nc3cc(C4CC4)[nH]n3)n2)C1. The van der Waals surface area contributed by atoms with Gasteiger partial charge in [0.15, 0.2) is 5.82 Å². The van der Waals surface area contributed by atoms with Gasteiger partial charge in [0.25, 0.3) is 0 Å². The van der Waals surface area contributed by atoms with Crippen LogP contribution in [0.2, 0.25) is 0 Å². The molecule has 9 heteroatoms. The van der Waals surface area contributed by atoms with E-state index in [2.05, 4.69) is 41.8 Å². The number of hydrogen-bond acceptors (Lipinski definition) is 7. The van der Waals surface area contributed by atoms with Crippen LogP contribution in [-0.2, 0) is 4.74 Å². The second kappa shape index (κ2) is 8.49. The summed E-state index contributed by atoms with van der Waals surface area (Å²) in [6, 6.07) is 3.90. The summed E-state index contributed by atoms with van der Waals surface area (Å²) >= 11 is 0. The van der Waals surface area contributed by atoms with E-state index in [1.165, 1.54) is 18.5 Å². The van der Waals surface area contributed by atoms with Gasteiger partial charge < -0.3 is 20.3 Å². The van der Waals surface area contributed by atoms with Crippen LogP contribution in [0.15, 0.2) is 18.3 Å². The number of piperidine rings is 1. The number of hydrogen-bond donors (Lipinski definition) is 3. The highest BCUT2D eigenvalue weighted by Gasteiger charge is 2.26. The molecule has 1 atom stereocenters. The molecule has 1 amide bonds. The van der Waals surface area contributed by atoms with Crippen molar-refractivity contribution in [3.8, 4) is 0 Å². The zero-order valence-corrected chi connectivity index (χ0v) is 17.9. The molecule has 4 rings (SSSR count). The number of aromatic nitrogens is 4. The van der Waals surface area contributed by atoms with Crippen LogP contribution in [0.25, 0.3) is 0 Å². The molecule has 0 bridgehead atoms. The van der Waals surface area contributed by atoms with Gasteiger partial charge in [0, 0.05) is 43.5 Å². The second-order valence-electron chi connectivity index (χ2n) is 9.19. The Kier molecular flexibility index (Phi) is 5.78. The molecule has 1 aliphatic carbocycles. The number of aromatic amines is 1. The van der Waals surface area contributed by atoms with Gasteiger partial charge in [0.2, 0.25) is 5.95 Å². The van der Waals surface area contributed by atoms with E-state index in [9.17, 15) is 4.79 Å². The topological polar surface area (TPSA) is 108 Å². The highest BCUT2D eigenvalue weighted by molar-refractivity contribution is 5.67. The van der Waals surface area contributed by atoms with Gasteiger partial charge in [-0.25, -0.2) is 9.78 Å². The van der Waals surface area contributed by atoms with Crippen LogP contribution >= 0.6 is 0 Å². The third kappa shape index (κ3) is 5.61. The number of nitrogens with zero attached hydrogens (tertiary/aromatic N) is 4. The molecule has 3 heterocycles. The highest BCUT2D eigenvalue weighted by Crippen LogP contribution is 2.39. The minimum atomic E-state index is -0.488. The van der Waals surface area contributed by atoms with Crippen molar-refractivity contribution in [3.05, 3.63) is 24.0 Å². The predicted octanol–water partition coefficient (Wildman–Crippen LogP) is 3.56. The number of amides is 1. The zero-order valence-electron chi connectivity index (χ0n) is 17.9. The molecule has 162 valence electrons. The summed E-state index contributed by atoms with van der Waals surface area (Å²) in [4.78, 5) is 23.2. The van der Waals surface area contributed by atoms with Crippen LogP contribution < -0.4 is 15.5 Å². The van der Waals surface area contributed by atoms with Crippen LogP contribution in [0.5, 0.6) is 0 Å². The van der Waals surface area contributed by atoms with Crippen LogP contribution in [0.1, 0.15) is 58.1 Å². The number of carbonyl (C=O) groups is 1. The molecule has 9 nitrogen and oxygen atoms in total. The van der Waals surface area contributed by atoms with E-state index in [-0.39, 0.29) is 6.09 Å². The Balaban J connectivity index is 1.32. The zero-order chi connectivity index (χ0) is 21.1. The lowest BCUT2D eigenvalue weighted by molar-refractivity contribution is 0.0517. The number of carbonyl (C=O) groups excluding carboxylic acids is 1. The summed E-state index contributed by atoms with van der Waals surface area (Å²) < 4.78 is 5.33. The van der Waals surface area contributed by atoms with Gasteiger partial charge in [-0.05, 0) is 58.4 Å². The summed E-state index contributed by atoms with van der Waals surface area (Å²) in [5, 5.41) is 13.6. The molecule has 3 N–H and O–H groups in total. The maximum Gasteiger partial charge on any atom is 0.407 e. The summed E-state index contributed by atoms with van der Waals surface area (Å²) in [6.45, 7) is 7.88. The third-order valence-electron chi connectivity index (χ3n) is 5.25. The van der Waals surface area contributed by atoms with Gasteiger partial charge in [0.05, 0.1) is 0 Å². The summed E-state index contributed by atoms with van der Waals surface area (Å²) in [6.07, 6.45) is 5.96. The van der Waals surface area contributed by atoms with Crippen molar-refractivity contribution in [1.29, 1.82) is 0 Å². The smallest absolute Gasteiger partial charge is 0.407 e. The molecule has 2 aliphatic rings. The average molecular weight is 414 g/mol. The molecule has 0 unspecified atom stereocenters. The maximum atomic E-state index is 11.9. The average Bonchev–Trinajstić information content (AvgIpc) is 3.45. The van der Waals surface area contributed by atoms with Gasteiger partial charge in [-0.1, -0.05) is 0 Å². The molecule has 2 aromatic rings. The van der Waals surface area contributed by atoms with Crippen LogP contribution in [0.3, 0.4) is 0 Å². The number of rotatable bonds is 6. The molecule has 0 aromatic carbocycles. The van der Waals surface area contributed by atoms with Gasteiger partial charge >= 0.3 is 6.09 Å². The Morgan fingerprint density at radius 3 is 2.90 bits per heavy atom. The Hall–Kier alpha value is -2.84. The summed E-state index contributed by atoms with van der Waals surface area (Å²) in [5.41, 5.74) is 0.695. The third-order valence-corrected chi connectivity index (χ3v) is 5.25. The van der Waals surface area contributed by atoms with Crippen molar-refractivity contribution < 1.29 is 9.53 Å². The molecule has 2 fully saturated rings. The quantitative estimate of drug-likeness (QED) is 0.664. The van der Waals surface area contributed by atoms with Gasteiger partial charge in [-0.15, -0.1) is 0 Å². The fourth-order valence-electron chi connectivity index (χ4n) is 3.66. The number of H-pyrrole nitrogens is 1. The van der Waals surface area contributed by atoms with E-state index in [4.69, 9.17) is 4.74 Å². The highest BCUT2D eigenvalue weighted by atomic mass is 16.6. The van der Waals surface area contributed by atoms with Gasteiger partial charge in [-0.3, -0.25) is 5.10 Å². The minimum Gasteiger partial charge on any atom is -0.444 e. The molecular formula is C21H31N7O2. The number of anilines is 3. The van der Waals surface area contributed by atoms with Crippen molar-refractivity contribution in [2.45, 2.75) is 58.0 Å². The Morgan fingerprint density at radius 2 is 2.13 bits per heavy atom. The molecule has 1 saturated heterocycles. The van der Waals surface area contributed by atoms with Crippen LogP contribution in [0.4, 0.5) is 22.4 Å². The van der Waals surface area contributed by atoms with E-state index in [0.717, 1.165) is 37.6 Å². The lowest BCUT2D eigenvalue weighted by Crippen LogP contribution is -2.42. The van der Waals surface area contributed by atoms with Crippen molar-refractivity contribution in [1.82, 2.24) is 25.5 Å². The largest absolute Gasteiger partial charge is 0.444 e. The molecule has 0 spiro atoms. The standard InChI is InChI=1S/C21H31N7O2/c1-21(2,3)30-20(29)23-12-14-5-4-10-28(13-14)19-22-9-8-17(25-19)24-18-11-16(26-27-18)15-6-7-15/h8-9,11,14-15H,4-7,10,12-13H2,1-3H3,(H,23,29)(H2,22,24,25,26,27)/t14-/m0/s1. The van der Waals surface area contributed by atoms with E-state index in [1.54, 1.807) is 6.20 Å². The summed E-state index contributed by atoms with van der Waals surface area (Å²) in [7, 11) is 0. The first kappa shape index (κ1) is 20.4. The first-order valence-electron chi connectivity index (χ1n) is 10.7. The first-order chi connectivity index (χ1) is 14.4. The normalized spacial score (nSPS) is 19.4. The number of alkyl carbamates (subject to hydrolysis) is 1. The van der Waals surface area contributed by atoms with Crippen molar-refractivity contribution in [3.63, 3.8) is 0 Å². The van der Waals surface area contributed by atoms with Crippen LogP contribution in [-0.4, -0.2) is 51.5 Å². The van der Waals surface area contributed by atoms with E-state index in [0.29, 0.717) is 24.3 Å². The first-order valence-corrected chi connectivity index (χ1v) is 10.7.